The van der Waals surface area contributed by atoms with E-state index in [4.69, 9.17) is 11.0 Å². The monoisotopic (exact) mass is 344 g/mol. The second-order valence-corrected chi connectivity index (χ2v) is 6.28. The van der Waals surface area contributed by atoms with Crippen molar-refractivity contribution in [2.24, 2.45) is 0 Å². The number of nitrogens with two attached hydrogens (primary N) is 1. The first-order chi connectivity index (χ1) is 11.5. The van der Waals surface area contributed by atoms with Gasteiger partial charge in [-0.25, -0.2) is 0 Å². The molecule has 7 nitrogen and oxygen atoms in total. The molecule has 1 unspecified atom stereocenters. The zero-order chi connectivity index (χ0) is 17.7. The lowest BCUT2D eigenvalue weighted by molar-refractivity contribution is -0.119. The molecule has 1 amide bonds. The van der Waals surface area contributed by atoms with Crippen LogP contribution in [0, 0.1) is 25.2 Å². The van der Waals surface area contributed by atoms with E-state index in [9.17, 15) is 4.79 Å². The molecule has 0 fully saturated rings. The summed E-state index contributed by atoms with van der Waals surface area (Å²) in [6.45, 7) is 5.79. The number of nitriles is 1. The van der Waals surface area contributed by atoms with Crippen molar-refractivity contribution < 1.29 is 4.79 Å². The van der Waals surface area contributed by atoms with Crippen molar-refractivity contribution in [2.75, 3.05) is 16.8 Å². The van der Waals surface area contributed by atoms with Crippen LogP contribution in [-0.2, 0) is 4.79 Å². The fourth-order valence-electron chi connectivity index (χ4n) is 2.48. The molecule has 0 radical (unpaired) electrons. The van der Waals surface area contributed by atoms with E-state index in [0.717, 1.165) is 16.8 Å². The number of aromatic nitrogens is 3. The van der Waals surface area contributed by atoms with Crippen LogP contribution in [0.25, 0.3) is 0 Å². The van der Waals surface area contributed by atoms with Crippen LogP contribution in [0.5, 0.6) is 0 Å². The Hall–Kier alpha value is -2.53. The van der Waals surface area contributed by atoms with E-state index in [1.807, 2.05) is 45.0 Å². The average Bonchev–Trinajstić information content (AvgIpc) is 2.91. The van der Waals surface area contributed by atoms with E-state index >= 15 is 0 Å². The maximum atomic E-state index is 12.8. The first-order valence-corrected chi connectivity index (χ1v) is 8.55. The molecule has 8 heteroatoms. The van der Waals surface area contributed by atoms with Crippen LogP contribution in [0.4, 0.5) is 11.6 Å². The molecule has 1 atom stereocenters. The highest BCUT2D eigenvalue weighted by molar-refractivity contribution is 7.99. The van der Waals surface area contributed by atoms with E-state index in [2.05, 4.69) is 15.5 Å². The highest BCUT2D eigenvalue weighted by atomic mass is 32.2. The minimum absolute atomic E-state index is 0.166. The van der Waals surface area contributed by atoms with Crippen LogP contribution in [0.2, 0.25) is 0 Å². The molecule has 0 aliphatic heterocycles. The second kappa shape index (κ2) is 7.84. The minimum atomic E-state index is -0.541. The van der Waals surface area contributed by atoms with Crippen LogP contribution in [0.1, 0.15) is 30.5 Å². The summed E-state index contributed by atoms with van der Waals surface area (Å²) >= 11 is 1.21. The molecule has 0 spiro atoms. The number of anilines is 2. The van der Waals surface area contributed by atoms with Gasteiger partial charge >= 0.3 is 0 Å². The van der Waals surface area contributed by atoms with Crippen molar-refractivity contribution in [2.45, 2.75) is 38.4 Å². The third-order valence-corrected chi connectivity index (χ3v) is 4.50. The van der Waals surface area contributed by atoms with Gasteiger partial charge in [0, 0.05) is 5.69 Å². The first kappa shape index (κ1) is 17.8. The lowest BCUT2D eigenvalue weighted by Crippen LogP contribution is -2.27. The second-order valence-electron chi connectivity index (χ2n) is 5.34. The number of benzene rings is 1. The van der Waals surface area contributed by atoms with E-state index in [-0.39, 0.29) is 17.6 Å². The molecule has 0 bridgehead atoms. The predicted octanol–water partition coefficient (Wildman–Crippen LogP) is 2.68. The summed E-state index contributed by atoms with van der Waals surface area (Å²) in [5.41, 5.74) is 8.69. The Balaban J connectivity index is 2.30. The quantitative estimate of drug-likeness (QED) is 0.780. The van der Waals surface area contributed by atoms with Gasteiger partial charge in [0.25, 0.3) is 0 Å². The number of carbonyl (C=O) groups excluding carboxylic acids is 1. The van der Waals surface area contributed by atoms with Gasteiger partial charge in [0.1, 0.15) is 6.04 Å². The maximum Gasteiger partial charge on any atom is 0.247 e. The van der Waals surface area contributed by atoms with Gasteiger partial charge in [-0.05, 0) is 31.4 Å². The summed E-state index contributed by atoms with van der Waals surface area (Å²) in [5, 5.41) is 20.0. The topological polar surface area (TPSA) is 110 Å². The van der Waals surface area contributed by atoms with Crippen LogP contribution >= 0.6 is 11.8 Å². The van der Waals surface area contributed by atoms with Crippen LogP contribution in [0.3, 0.4) is 0 Å². The summed E-state index contributed by atoms with van der Waals surface area (Å²) in [7, 11) is 0. The van der Waals surface area contributed by atoms with Crippen molar-refractivity contribution >= 4 is 29.3 Å². The third-order valence-electron chi connectivity index (χ3n) is 3.69. The van der Waals surface area contributed by atoms with E-state index in [0.29, 0.717) is 11.6 Å². The number of aryl methyl sites for hydroxylation is 2. The normalized spacial score (nSPS) is 11.8. The van der Waals surface area contributed by atoms with Crippen LogP contribution in [0.15, 0.2) is 23.4 Å². The molecule has 1 heterocycles. The number of nitrogens with one attached hydrogen (secondary N) is 1. The number of hydrogen-bond donors (Lipinski definition) is 2. The van der Waals surface area contributed by atoms with Gasteiger partial charge in [0.05, 0.1) is 11.8 Å². The first-order valence-electron chi connectivity index (χ1n) is 7.56. The Bertz CT molecular complexity index is 759. The number of nitrogen functional groups attached to an aromatic ring is 1. The minimum Gasteiger partial charge on any atom is -0.368 e. The molecule has 1 aromatic heterocycles. The van der Waals surface area contributed by atoms with Gasteiger partial charge in [0.15, 0.2) is 5.16 Å². The number of rotatable bonds is 6. The Morgan fingerprint density at radius 2 is 2.08 bits per heavy atom. The standard InChI is InChI=1S/C16H20N6OS/c1-4-12(22-15(18)20-21-16(22)24-9-8-17)14(23)19-13-10(2)6-5-7-11(13)3/h5-7,12H,4,9H2,1-3H3,(H2,18,20)(H,19,23). The molecular formula is C16H20N6OS. The highest BCUT2D eigenvalue weighted by Gasteiger charge is 2.25. The summed E-state index contributed by atoms with van der Waals surface area (Å²) in [5.74, 6) is 0.201. The van der Waals surface area contributed by atoms with Crippen LogP contribution in [-0.4, -0.2) is 26.4 Å². The molecule has 0 saturated carbocycles. The molecular weight excluding hydrogens is 324 g/mol. The predicted molar refractivity (Wildman–Crippen MR) is 94.6 cm³/mol. The smallest absolute Gasteiger partial charge is 0.247 e. The molecule has 3 N–H and O–H groups in total. The van der Waals surface area contributed by atoms with E-state index in [1.54, 1.807) is 4.57 Å². The molecule has 126 valence electrons. The summed E-state index contributed by atoms with van der Waals surface area (Å²) in [4.78, 5) is 12.8. The number of hydrogen-bond acceptors (Lipinski definition) is 6. The van der Waals surface area contributed by atoms with Gasteiger partial charge in [-0.15, -0.1) is 10.2 Å². The molecule has 2 aromatic rings. The Morgan fingerprint density at radius 1 is 1.42 bits per heavy atom. The van der Waals surface area contributed by atoms with Crippen molar-refractivity contribution in [3.63, 3.8) is 0 Å². The Labute approximate surface area is 145 Å². The van der Waals surface area contributed by atoms with Gasteiger partial charge in [-0.3, -0.25) is 9.36 Å². The number of nitrogens with zero attached hydrogens (tertiary/aromatic N) is 4. The molecule has 0 aliphatic carbocycles. The average molecular weight is 344 g/mol. The van der Waals surface area contributed by atoms with Gasteiger partial charge in [0.2, 0.25) is 11.9 Å². The van der Waals surface area contributed by atoms with Gasteiger partial charge in [-0.2, -0.15) is 5.26 Å². The Morgan fingerprint density at radius 3 is 2.67 bits per heavy atom. The highest BCUT2D eigenvalue weighted by Crippen LogP contribution is 2.27. The lowest BCUT2D eigenvalue weighted by Gasteiger charge is -2.20. The molecule has 2 rings (SSSR count). The lowest BCUT2D eigenvalue weighted by atomic mass is 10.1. The number of thioether (sulfide) groups is 1. The molecule has 0 aliphatic rings. The molecule has 0 saturated heterocycles. The zero-order valence-electron chi connectivity index (χ0n) is 13.9. The van der Waals surface area contributed by atoms with Crippen molar-refractivity contribution in [3.05, 3.63) is 29.3 Å². The van der Waals surface area contributed by atoms with Gasteiger partial charge in [-0.1, -0.05) is 36.9 Å². The van der Waals surface area contributed by atoms with Gasteiger partial charge < -0.3 is 11.1 Å². The van der Waals surface area contributed by atoms with Crippen LogP contribution < -0.4 is 11.1 Å². The van der Waals surface area contributed by atoms with E-state index in [1.165, 1.54) is 11.8 Å². The molecule has 24 heavy (non-hydrogen) atoms. The van der Waals surface area contributed by atoms with E-state index < -0.39 is 6.04 Å². The fourth-order valence-corrected chi connectivity index (χ4v) is 3.13. The number of para-hydroxylation sites is 1. The largest absolute Gasteiger partial charge is 0.368 e. The summed E-state index contributed by atoms with van der Waals surface area (Å²) in [6.07, 6.45) is 0.527. The third kappa shape index (κ3) is 3.68. The maximum absolute atomic E-state index is 12.8. The molecule has 1 aromatic carbocycles. The summed E-state index contributed by atoms with van der Waals surface area (Å²) < 4.78 is 1.59. The Kier molecular flexibility index (Phi) is 5.82. The van der Waals surface area contributed by atoms with Crippen molar-refractivity contribution in [1.29, 1.82) is 5.26 Å². The zero-order valence-corrected chi connectivity index (χ0v) is 14.7. The van der Waals surface area contributed by atoms with Crippen molar-refractivity contribution in [3.8, 4) is 6.07 Å². The fraction of sp³-hybridized carbons (Fsp3) is 0.375. The SMILES string of the molecule is CCC(C(=O)Nc1c(C)cccc1C)n1c(N)nnc1SCC#N. The number of amides is 1. The number of carbonyl (C=O) groups is 1. The summed E-state index contributed by atoms with van der Waals surface area (Å²) in [6, 6.07) is 7.34. The van der Waals surface area contributed by atoms with Crippen molar-refractivity contribution in [1.82, 2.24) is 14.8 Å².